The van der Waals surface area contributed by atoms with Crippen molar-refractivity contribution in [2.75, 3.05) is 35.7 Å². The molecule has 1 fully saturated rings. The number of thiazole rings is 1. The molecule has 10 heteroatoms. The van der Waals surface area contributed by atoms with Gasteiger partial charge < -0.3 is 20.3 Å². The molecular formula is C23H23N7O2S. The fourth-order valence-electron chi connectivity index (χ4n) is 3.84. The van der Waals surface area contributed by atoms with E-state index in [4.69, 9.17) is 4.74 Å². The van der Waals surface area contributed by atoms with Crippen molar-refractivity contribution >= 4 is 44.4 Å². The molecule has 2 N–H and O–H groups in total. The van der Waals surface area contributed by atoms with E-state index in [9.17, 15) is 4.79 Å². The summed E-state index contributed by atoms with van der Waals surface area (Å²) < 4.78 is 6.46. The second-order valence-corrected chi connectivity index (χ2v) is 8.73. The minimum atomic E-state index is -0.715. The van der Waals surface area contributed by atoms with Crippen molar-refractivity contribution < 1.29 is 9.53 Å². The van der Waals surface area contributed by atoms with Crippen molar-refractivity contribution in [1.29, 1.82) is 0 Å². The SMILES string of the molecule is CO[C@@H](C(=O)Nc1ccc(N[C@@H]2CCN(c3nc4ncccc4s3)C2)nn1)c1ccccc1. The summed E-state index contributed by atoms with van der Waals surface area (Å²) in [6.07, 6.45) is 2.02. The third-order valence-corrected chi connectivity index (χ3v) is 6.53. The summed E-state index contributed by atoms with van der Waals surface area (Å²) in [6.45, 7) is 1.74. The van der Waals surface area contributed by atoms with Crippen molar-refractivity contribution in [2.24, 2.45) is 0 Å². The summed E-state index contributed by atoms with van der Waals surface area (Å²) in [7, 11) is 1.51. The van der Waals surface area contributed by atoms with Gasteiger partial charge in [0.25, 0.3) is 5.91 Å². The van der Waals surface area contributed by atoms with Crippen molar-refractivity contribution in [1.82, 2.24) is 20.2 Å². The number of aromatic nitrogens is 4. The molecule has 2 atom stereocenters. The standard InChI is InChI=1S/C23H23N7O2S/c1-32-20(15-6-3-2-4-7-15)22(31)26-19-10-9-18(28-29-19)25-16-11-13-30(14-16)23-27-21-17(33-23)8-5-12-24-21/h2-10,12,16,20H,11,13-14H2,1H3,(H,25,28)(H,26,29,31)/t16-,20-/m1/s1. The monoisotopic (exact) mass is 461 g/mol. The van der Waals surface area contributed by atoms with E-state index < -0.39 is 6.10 Å². The molecule has 33 heavy (non-hydrogen) atoms. The molecule has 0 aliphatic carbocycles. The van der Waals surface area contributed by atoms with Crippen LogP contribution in [-0.2, 0) is 9.53 Å². The molecule has 0 radical (unpaired) electrons. The predicted octanol–water partition coefficient (Wildman–Crippen LogP) is 3.50. The Morgan fingerprint density at radius 3 is 2.70 bits per heavy atom. The van der Waals surface area contributed by atoms with Gasteiger partial charge in [0, 0.05) is 32.4 Å². The molecule has 1 aromatic carbocycles. The second-order valence-electron chi connectivity index (χ2n) is 7.72. The third kappa shape index (κ3) is 4.76. The number of anilines is 3. The molecule has 0 spiro atoms. The lowest BCUT2D eigenvalue weighted by atomic mass is 10.1. The van der Waals surface area contributed by atoms with Crippen molar-refractivity contribution in [2.45, 2.75) is 18.6 Å². The molecule has 1 saturated heterocycles. The zero-order valence-corrected chi connectivity index (χ0v) is 18.8. The summed E-state index contributed by atoms with van der Waals surface area (Å²) >= 11 is 1.66. The maximum absolute atomic E-state index is 12.6. The predicted molar refractivity (Wildman–Crippen MR) is 129 cm³/mol. The Morgan fingerprint density at radius 2 is 1.94 bits per heavy atom. The van der Waals surface area contributed by atoms with E-state index in [0.29, 0.717) is 11.6 Å². The smallest absolute Gasteiger partial charge is 0.259 e. The average Bonchev–Trinajstić information content (AvgIpc) is 3.48. The number of hydrogen-bond acceptors (Lipinski definition) is 9. The van der Waals surface area contributed by atoms with Crippen LogP contribution >= 0.6 is 11.3 Å². The van der Waals surface area contributed by atoms with Crippen LogP contribution in [0.5, 0.6) is 0 Å². The van der Waals surface area contributed by atoms with Crippen molar-refractivity contribution in [3.05, 3.63) is 66.4 Å². The number of ether oxygens (including phenoxy) is 1. The Kier molecular flexibility index (Phi) is 6.09. The van der Waals surface area contributed by atoms with Gasteiger partial charge in [-0.2, -0.15) is 4.98 Å². The molecule has 0 unspecified atom stereocenters. The number of methoxy groups -OCH3 is 1. The zero-order chi connectivity index (χ0) is 22.6. The maximum Gasteiger partial charge on any atom is 0.259 e. The summed E-state index contributed by atoms with van der Waals surface area (Å²) in [5.41, 5.74) is 1.57. The first-order valence-electron chi connectivity index (χ1n) is 10.6. The van der Waals surface area contributed by atoms with Crippen LogP contribution in [0.4, 0.5) is 16.8 Å². The van der Waals surface area contributed by atoms with Crippen LogP contribution in [0.2, 0.25) is 0 Å². The van der Waals surface area contributed by atoms with Gasteiger partial charge in [-0.1, -0.05) is 41.7 Å². The molecule has 5 rings (SSSR count). The largest absolute Gasteiger partial charge is 0.367 e. The first-order chi connectivity index (χ1) is 16.2. The summed E-state index contributed by atoms with van der Waals surface area (Å²) in [6, 6.07) is 17.1. The number of fused-ring (bicyclic) bond motifs is 1. The normalized spacial score (nSPS) is 16.6. The van der Waals surface area contributed by atoms with Gasteiger partial charge in [-0.3, -0.25) is 4.79 Å². The fraction of sp³-hybridized carbons (Fsp3) is 0.261. The Balaban J connectivity index is 1.17. The quantitative estimate of drug-likeness (QED) is 0.431. The van der Waals surface area contributed by atoms with Gasteiger partial charge >= 0.3 is 0 Å². The minimum absolute atomic E-state index is 0.232. The van der Waals surface area contributed by atoms with Gasteiger partial charge in [0.1, 0.15) is 5.82 Å². The van der Waals surface area contributed by atoms with Gasteiger partial charge in [0.15, 0.2) is 22.7 Å². The van der Waals surface area contributed by atoms with E-state index >= 15 is 0 Å². The molecule has 168 valence electrons. The number of carbonyl (C=O) groups excluding carboxylic acids is 1. The van der Waals surface area contributed by atoms with Crippen LogP contribution in [0.1, 0.15) is 18.1 Å². The van der Waals surface area contributed by atoms with Crippen LogP contribution in [0, 0.1) is 0 Å². The highest BCUT2D eigenvalue weighted by atomic mass is 32.1. The molecule has 1 aliphatic rings. The van der Waals surface area contributed by atoms with Gasteiger partial charge in [-0.05, 0) is 36.2 Å². The minimum Gasteiger partial charge on any atom is -0.367 e. The second kappa shape index (κ2) is 9.47. The van der Waals surface area contributed by atoms with E-state index in [-0.39, 0.29) is 11.9 Å². The highest BCUT2D eigenvalue weighted by Crippen LogP contribution is 2.30. The number of carbonyl (C=O) groups is 1. The lowest BCUT2D eigenvalue weighted by molar-refractivity contribution is -0.126. The summed E-state index contributed by atoms with van der Waals surface area (Å²) in [5, 5.41) is 15.6. The summed E-state index contributed by atoms with van der Waals surface area (Å²) in [5.74, 6) is 0.742. The van der Waals surface area contributed by atoms with Gasteiger partial charge in [0.05, 0.1) is 4.70 Å². The van der Waals surface area contributed by atoms with Gasteiger partial charge in [0.2, 0.25) is 0 Å². The number of hydrogen-bond donors (Lipinski definition) is 2. The highest BCUT2D eigenvalue weighted by Gasteiger charge is 2.25. The Bertz CT molecular complexity index is 1200. The van der Waals surface area contributed by atoms with Crippen molar-refractivity contribution in [3.8, 4) is 0 Å². The van der Waals surface area contributed by atoms with Gasteiger partial charge in [-0.15, -0.1) is 10.2 Å². The Morgan fingerprint density at radius 1 is 1.12 bits per heavy atom. The van der Waals surface area contributed by atoms with Crippen LogP contribution in [0.3, 0.4) is 0 Å². The number of nitrogens with zero attached hydrogens (tertiary/aromatic N) is 5. The Labute approximate surface area is 194 Å². The molecule has 0 bridgehead atoms. The van der Waals surface area contributed by atoms with Crippen LogP contribution in [-0.4, -0.2) is 52.3 Å². The molecular weight excluding hydrogens is 438 g/mol. The van der Waals surface area contributed by atoms with Crippen LogP contribution < -0.4 is 15.5 Å². The van der Waals surface area contributed by atoms with E-state index in [2.05, 4.69) is 35.7 Å². The number of pyridine rings is 1. The fourth-order valence-corrected chi connectivity index (χ4v) is 4.80. The van der Waals surface area contributed by atoms with Crippen molar-refractivity contribution in [3.63, 3.8) is 0 Å². The first-order valence-corrected chi connectivity index (χ1v) is 11.5. The molecule has 1 aliphatic heterocycles. The van der Waals surface area contributed by atoms with Gasteiger partial charge in [-0.25, -0.2) is 4.98 Å². The Hall–Kier alpha value is -3.63. The first kappa shape index (κ1) is 21.2. The van der Waals surface area contributed by atoms with E-state index in [1.165, 1.54) is 7.11 Å². The lowest BCUT2D eigenvalue weighted by Crippen LogP contribution is -2.26. The third-order valence-electron chi connectivity index (χ3n) is 5.46. The lowest BCUT2D eigenvalue weighted by Gasteiger charge is -2.16. The number of amides is 1. The molecule has 9 nitrogen and oxygen atoms in total. The average molecular weight is 462 g/mol. The summed E-state index contributed by atoms with van der Waals surface area (Å²) in [4.78, 5) is 23.8. The van der Waals surface area contributed by atoms with Crippen LogP contribution in [0.15, 0.2) is 60.8 Å². The number of nitrogens with one attached hydrogen (secondary N) is 2. The number of benzene rings is 1. The molecule has 1 amide bonds. The van der Waals surface area contributed by atoms with E-state index in [1.807, 2.05) is 48.5 Å². The molecule has 3 aromatic heterocycles. The van der Waals surface area contributed by atoms with E-state index in [1.54, 1.807) is 23.6 Å². The molecule has 4 heterocycles. The zero-order valence-electron chi connectivity index (χ0n) is 18.0. The topological polar surface area (TPSA) is 105 Å². The molecule has 0 saturated carbocycles. The highest BCUT2D eigenvalue weighted by molar-refractivity contribution is 7.22. The van der Waals surface area contributed by atoms with E-state index in [0.717, 1.165) is 40.6 Å². The number of rotatable bonds is 7. The van der Waals surface area contributed by atoms with Crippen LogP contribution in [0.25, 0.3) is 10.3 Å². The molecule has 4 aromatic rings. The maximum atomic E-state index is 12.6.